The molecule has 0 heterocycles. The maximum absolute atomic E-state index is 13.8. The van der Waals surface area contributed by atoms with Crippen molar-refractivity contribution < 1.29 is 22.3 Å². The van der Waals surface area contributed by atoms with Crippen molar-refractivity contribution in [2.75, 3.05) is 24.5 Å². The molecule has 156 valence electrons. The summed E-state index contributed by atoms with van der Waals surface area (Å²) in [5, 5.41) is 2.79. The average Bonchev–Trinajstić information content (AvgIpc) is 3.50. The second kappa shape index (κ2) is 9.37. The summed E-state index contributed by atoms with van der Waals surface area (Å²) in [6.45, 7) is 3.53. The van der Waals surface area contributed by atoms with E-state index in [0.717, 1.165) is 6.61 Å². The van der Waals surface area contributed by atoms with Crippen molar-refractivity contribution in [3.63, 3.8) is 0 Å². The van der Waals surface area contributed by atoms with Gasteiger partial charge in [-0.25, -0.2) is 12.8 Å². The number of para-hydroxylation sites is 1. The molecule has 1 saturated carbocycles. The van der Waals surface area contributed by atoms with Crippen molar-refractivity contribution in [2.24, 2.45) is 5.92 Å². The average molecular weight is 421 g/mol. The second-order valence-corrected chi connectivity index (χ2v) is 8.87. The zero-order valence-electron chi connectivity index (χ0n) is 16.3. The van der Waals surface area contributed by atoms with E-state index in [1.165, 1.54) is 49.2 Å². The molecule has 0 atom stereocenters. The molecule has 29 heavy (non-hydrogen) atoms. The van der Waals surface area contributed by atoms with Crippen molar-refractivity contribution in [2.45, 2.75) is 31.1 Å². The Morgan fingerprint density at radius 3 is 2.69 bits per heavy atom. The SMILES string of the molecule is Cc1ccc(S(=O)(=O)Nc2ccccc2F)cc1C(=O)NCCCOCC1CC1. The van der Waals surface area contributed by atoms with E-state index in [1.54, 1.807) is 13.0 Å². The van der Waals surface area contributed by atoms with Gasteiger partial charge in [0.15, 0.2) is 0 Å². The van der Waals surface area contributed by atoms with Crippen LogP contribution in [0.5, 0.6) is 0 Å². The number of sulfonamides is 1. The lowest BCUT2D eigenvalue weighted by molar-refractivity contribution is 0.0936. The quantitative estimate of drug-likeness (QED) is 0.577. The number of nitrogens with one attached hydrogen (secondary N) is 2. The van der Waals surface area contributed by atoms with Gasteiger partial charge in [0.25, 0.3) is 15.9 Å². The first-order valence-corrected chi connectivity index (χ1v) is 11.1. The predicted octanol–water partition coefficient (Wildman–Crippen LogP) is 3.48. The molecule has 0 radical (unpaired) electrons. The first kappa shape index (κ1) is 21.3. The Bertz CT molecular complexity index is 974. The van der Waals surface area contributed by atoms with Gasteiger partial charge >= 0.3 is 0 Å². The van der Waals surface area contributed by atoms with Crippen molar-refractivity contribution in [3.05, 3.63) is 59.4 Å². The zero-order chi connectivity index (χ0) is 20.9. The number of carbonyl (C=O) groups excluding carboxylic acids is 1. The number of aryl methyl sites for hydroxylation is 1. The Balaban J connectivity index is 1.61. The van der Waals surface area contributed by atoms with Crippen LogP contribution in [0, 0.1) is 18.7 Å². The lowest BCUT2D eigenvalue weighted by Gasteiger charge is -2.12. The van der Waals surface area contributed by atoms with Gasteiger partial charge in [-0.15, -0.1) is 0 Å². The predicted molar refractivity (Wildman–Crippen MR) is 109 cm³/mol. The molecule has 0 bridgehead atoms. The number of halogens is 1. The van der Waals surface area contributed by atoms with Gasteiger partial charge in [-0.2, -0.15) is 0 Å². The van der Waals surface area contributed by atoms with Gasteiger partial charge in [-0.1, -0.05) is 18.2 Å². The Labute approximate surface area is 170 Å². The lowest BCUT2D eigenvalue weighted by Crippen LogP contribution is -2.26. The van der Waals surface area contributed by atoms with Gasteiger partial charge in [0.05, 0.1) is 10.6 Å². The molecule has 0 saturated heterocycles. The molecule has 1 aliphatic carbocycles. The zero-order valence-corrected chi connectivity index (χ0v) is 17.1. The molecule has 0 aliphatic heterocycles. The molecule has 0 unspecified atom stereocenters. The summed E-state index contributed by atoms with van der Waals surface area (Å²) in [7, 11) is -4.03. The summed E-state index contributed by atoms with van der Waals surface area (Å²) in [5.74, 6) is -0.326. The van der Waals surface area contributed by atoms with Crippen LogP contribution in [-0.4, -0.2) is 34.1 Å². The minimum atomic E-state index is -4.03. The van der Waals surface area contributed by atoms with Crippen LogP contribution in [0.2, 0.25) is 0 Å². The highest BCUT2D eigenvalue weighted by molar-refractivity contribution is 7.92. The number of carbonyl (C=O) groups is 1. The third-order valence-corrected chi connectivity index (χ3v) is 6.05. The Morgan fingerprint density at radius 2 is 1.97 bits per heavy atom. The van der Waals surface area contributed by atoms with E-state index in [4.69, 9.17) is 4.74 Å². The molecular formula is C21H25FN2O4S. The van der Waals surface area contributed by atoms with Gasteiger partial charge in [0.2, 0.25) is 0 Å². The Kier molecular flexibility index (Phi) is 6.87. The van der Waals surface area contributed by atoms with Crippen LogP contribution >= 0.6 is 0 Å². The van der Waals surface area contributed by atoms with E-state index in [1.807, 2.05) is 0 Å². The minimum absolute atomic E-state index is 0.107. The minimum Gasteiger partial charge on any atom is -0.381 e. The summed E-state index contributed by atoms with van der Waals surface area (Å²) in [4.78, 5) is 12.4. The van der Waals surface area contributed by atoms with Crippen LogP contribution in [0.25, 0.3) is 0 Å². The number of amides is 1. The molecule has 3 rings (SSSR count). The maximum atomic E-state index is 13.8. The largest absolute Gasteiger partial charge is 0.381 e. The third-order valence-electron chi connectivity index (χ3n) is 4.68. The third kappa shape index (κ3) is 6.01. The molecular weight excluding hydrogens is 395 g/mol. The smallest absolute Gasteiger partial charge is 0.262 e. The van der Waals surface area contributed by atoms with Gasteiger partial charge in [-0.05, 0) is 61.9 Å². The van der Waals surface area contributed by atoms with E-state index in [9.17, 15) is 17.6 Å². The standard InChI is InChI=1S/C21H25FN2O4S/c1-15-7-10-17(29(26,27)24-20-6-3-2-5-19(20)22)13-18(15)21(25)23-11-4-12-28-14-16-8-9-16/h2-3,5-7,10,13,16,24H,4,8-9,11-12,14H2,1H3,(H,23,25). The normalized spacial score (nSPS) is 13.9. The molecule has 0 spiro atoms. The second-order valence-electron chi connectivity index (χ2n) is 7.19. The van der Waals surface area contributed by atoms with E-state index in [0.29, 0.717) is 31.1 Å². The van der Waals surface area contributed by atoms with Gasteiger partial charge in [-0.3, -0.25) is 9.52 Å². The maximum Gasteiger partial charge on any atom is 0.262 e. The van der Waals surface area contributed by atoms with Crippen molar-refractivity contribution >= 4 is 21.6 Å². The summed E-state index contributed by atoms with van der Waals surface area (Å²) in [6, 6.07) is 9.75. The Morgan fingerprint density at radius 1 is 1.21 bits per heavy atom. The molecule has 2 N–H and O–H groups in total. The highest BCUT2D eigenvalue weighted by atomic mass is 32.2. The molecule has 1 aliphatic rings. The fourth-order valence-electron chi connectivity index (χ4n) is 2.77. The molecule has 1 amide bonds. The summed E-state index contributed by atoms with van der Waals surface area (Å²) in [5.41, 5.74) is 0.767. The van der Waals surface area contributed by atoms with Crippen molar-refractivity contribution in [3.8, 4) is 0 Å². The number of ether oxygens (including phenoxy) is 1. The lowest BCUT2D eigenvalue weighted by atomic mass is 10.1. The summed E-state index contributed by atoms with van der Waals surface area (Å²) >= 11 is 0. The Hall–Kier alpha value is -2.45. The number of benzene rings is 2. The summed E-state index contributed by atoms with van der Waals surface area (Å²) < 4.78 is 46.7. The van der Waals surface area contributed by atoms with Crippen LogP contribution < -0.4 is 10.0 Å². The van der Waals surface area contributed by atoms with Crippen LogP contribution in [0.3, 0.4) is 0 Å². The van der Waals surface area contributed by atoms with Gasteiger partial charge < -0.3 is 10.1 Å². The molecule has 2 aromatic rings. The summed E-state index contributed by atoms with van der Waals surface area (Å²) in [6.07, 6.45) is 3.16. The van der Waals surface area contributed by atoms with E-state index < -0.39 is 15.8 Å². The van der Waals surface area contributed by atoms with Crippen molar-refractivity contribution in [1.29, 1.82) is 0 Å². The van der Waals surface area contributed by atoms with E-state index in [-0.39, 0.29) is 22.1 Å². The fraction of sp³-hybridized carbons (Fsp3) is 0.381. The molecule has 6 nitrogen and oxygen atoms in total. The molecule has 0 aromatic heterocycles. The molecule has 8 heteroatoms. The van der Waals surface area contributed by atoms with E-state index >= 15 is 0 Å². The van der Waals surface area contributed by atoms with Crippen LogP contribution in [-0.2, 0) is 14.8 Å². The molecule has 2 aromatic carbocycles. The number of rotatable bonds is 10. The van der Waals surface area contributed by atoms with Gasteiger partial charge in [0, 0.05) is 25.3 Å². The highest BCUT2D eigenvalue weighted by Crippen LogP contribution is 2.28. The number of hydrogen-bond donors (Lipinski definition) is 2. The molecule has 1 fully saturated rings. The first-order chi connectivity index (χ1) is 13.9. The fourth-order valence-corrected chi connectivity index (χ4v) is 3.86. The number of anilines is 1. The monoisotopic (exact) mass is 420 g/mol. The van der Waals surface area contributed by atoms with Crippen LogP contribution in [0.15, 0.2) is 47.4 Å². The van der Waals surface area contributed by atoms with Gasteiger partial charge in [0.1, 0.15) is 5.82 Å². The van der Waals surface area contributed by atoms with Crippen molar-refractivity contribution in [1.82, 2.24) is 5.32 Å². The first-order valence-electron chi connectivity index (χ1n) is 9.61. The van der Waals surface area contributed by atoms with Crippen LogP contribution in [0.4, 0.5) is 10.1 Å². The number of hydrogen-bond acceptors (Lipinski definition) is 4. The highest BCUT2D eigenvalue weighted by Gasteiger charge is 2.21. The topological polar surface area (TPSA) is 84.5 Å². The van der Waals surface area contributed by atoms with Crippen LogP contribution in [0.1, 0.15) is 35.2 Å². The van der Waals surface area contributed by atoms with E-state index in [2.05, 4.69) is 10.0 Å².